The van der Waals surface area contributed by atoms with E-state index in [2.05, 4.69) is 128 Å². The maximum absolute atomic E-state index is 11.4. The van der Waals surface area contributed by atoms with Crippen molar-refractivity contribution in [2.75, 3.05) is 6.26 Å². The largest absolute Gasteiger partial charge is 0.385 e. The van der Waals surface area contributed by atoms with Gasteiger partial charge in [-0.25, -0.2) is 38.7 Å². The fourth-order valence-corrected chi connectivity index (χ4v) is 11.4. The lowest BCUT2D eigenvalue weighted by molar-refractivity contribution is 0.172. The molecule has 12 rings (SSSR count). The predicted octanol–water partition coefficient (Wildman–Crippen LogP) is 10.7. The second-order valence-corrected chi connectivity index (χ2v) is 21.6. The molecule has 16 nitrogen and oxygen atoms in total. The molecular weight excluding hydrogens is 1200 g/mol. The Balaban J connectivity index is 0.000000114. The van der Waals surface area contributed by atoms with Gasteiger partial charge < -0.3 is 5.11 Å². The quantitative estimate of drug-likeness (QED) is 0.123. The number of aliphatic hydroxyl groups is 1. The van der Waals surface area contributed by atoms with Crippen molar-refractivity contribution < 1.29 is 17.7 Å². The fraction of sp³-hybridized carbons (Fsp3) is 0.289. The summed E-state index contributed by atoms with van der Waals surface area (Å²) in [5, 5.41) is 27.0. The summed E-state index contributed by atoms with van der Waals surface area (Å²) in [7, 11) is -3.54. The zero-order valence-corrected chi connectivity index (χ0v) is 44.4. The first-order valence-electron chi connectivity index (χ1n) is 21.2. The van der Waals surface area contributed by atoms with Crippen LogP contribution in [0.2, 0.25) is 0 Å². The number of aliphatic hydroxyl groups excluding tert-OH is 1. The van der Waals surface area contributed by atoms with Crippen molar-refractivity contribution in [1.82, 2.24) is 59.1 Å². The van der Waals surface area contributed by atoms with Gasteiger partial charge in [-0.2, -0.15) is 8.42 Å². The second-order valence-electron chi connectivity index (χ2n) is 16.1. The molecule has 0 saturated heterocycles. The summed E-state index contributed by atoms with van der Waals surface area (Å²) >= 11 is 25.5. The van der Waals surface area contributed by atoms with Gasteiger partial charge >= 0.3 is 0 Å². The van der Waals surface area contributed by atoms with Crippen LogP contribution in [0.4, 0.5) is 0 Å². The summed E-state index contributed by atoms with van der Waals surface area (Å²) in [5.74, 6) is 2.86. The Morgan fingerprint density at radius 2 is 0.779 bits per heavy atom. The lowest BCUT2D eigenvalue weighted by atomic mass is 10.0. The molecule has 23 heteroatoms. The number of hydrogen-bond donors (Lipinski definition) is 1. The lowest BCUT2D eigenvalue weighted by Gasteiger charge is -2.12. The third kappa shape index (κ3) is 10.9. The molecule has 352 valence electrons. The third-order valence-corrected chi connectivity index (χ3v) is 14.3. The highest BCUT2D eigenvalue weighted by Crippen LogP contribution is 2.43. The molecular formula is C45H40Br4Cl2N12O4S. The van der Waals surface area contributed by atoms with Gasteiger partial charge in [-0.15, -0.1) is 43.6 Å². The summed E-state index contributed by atoms with van der Waals surface area (Å²) in [6, 6.07) is 40.8. The van der Waals surface area contributed by atoms with Crippen molar-refractivity contribution in [3.8, 4) is 0 Å². The van der Waals surface area contributed by atoms with Crippen LogP contribution in [-0.2, 0) is 14.3 Å². The molecule has 4 aromatic heterocycles. The smallest absolute Gasteiger partial charge is 0.265 e. The van der Waals surface area contributed by atoms with E-state index in [-0.39, 0.29) is 34.9 Å². The molecule has 0 saturated carbocycles. The van der Waals surface area contributed by atoms with E-state index in [0.29, 0.717) is 43.4 Å². The van der Waals surface area contributed by atoms with Gasteiger partial charge in [-0.05, 0) is 98.8 Å². The third-order valence-electron chi connectivity index (χ3n) is 11.6. The number of aromatic nitrogens is 12. The number of fused-ring (bicyclic) bond motifs is 4. The average Bonchev–Trinajstić information content (AvgIpc) is 4.23. The van der Waals surface area contributed by atoms with Gasteiger partial charge in [0.15, 0.2) is 11.6 Å². The highest BCUT2D eigenvalue weighted by Gasteiger charge is 2.39. The zero-order chi connectivity index (χ0) is 47.7. The van der Waals surface area contributed by atoms with Gasteiger partial charge in [0.05, 0.1) is 41.2 Å². The maximum atomic E-state index is 11.4. The maximum Gasteiger partial charge on any atom is 0.265 e. The highest BCUT2D eigenvalue weighted by molar-refractivity contribution is 9.11. The van der Waals surface area contributed by atoms with E-state index in [4.69, 9.17) is 27.4 Å². The Morgan fingerprint density at radius 1 is 0.485 bits per heavy atom. The monoisotopic (exact) mass is 1230 g/mol. The van der Waals surface area contributed by atoms with Crippen LogP contribution in [0.3, 0.4) is 0 Å². The van der Waals surface area contributed by atoms with Crippen LogP contribution in [0.5, 0.6) is 0 Å². The SMILES string of the molecule is CS(=O)(=O)O[C@@H]1C[C@@H](c2ccccc2)n2nc(Br)nc21.Cl[C@H]1C[C@@H](c2ccccc2)n2nc(Br)nc21.Cl[C@H]1C[C@@H](c2ccccc2)n2nc(Br)nc21.O[C@@H]1C[C@@H](c2ccccc2)n2nc(Br)nc21. The van der Waals surface area contributed by atoms with Gasteiger partial charge in [-0.1, -0.05) is 121 Å². The number of nitrogens with zero attached hydrogens (tertiary/aromatic N) is 12. The zero-order valence-electron chi connectivity index (χ0n) is 35.7. The van der Waals surface area contributed by atoms with Crippen molar-refractivity contribution in [2.45, 2.75) is 72.8 Å². The van der Waals surface area contributed by atoms with E-state index in [1.54, 1.807) is 9.36 Å². The van der Waals surface area contributed by atoms with E-state index >= 15 is 0 Å². The van der Waals surface area contributed by atoms with Gasteiger partial charge in [0.2, 0.25) is 18.9 Å². The Kier molecular flexibility index (Phi) is 15.1. The van der Waals surface area contributed by atoms with E-state index in [0.717, 1.165) is 41.9 Å². The molecule has 0 amide bonds. The molecule has 8 aromatic rings. The number of alkyl halides is 2. The molecule has 0 aliphatic carbocycles. The van der Waals surface area contributed by atoms with Crippen LogP contribution >= 0.6 is 86.9 Å². The first kappa shape index (κ1) is 48.8. The summed E-state index contributed by atoms with van der Waals surface area (Å²) in [6.45, 7) is 0. The Bertz CT molecular complexity index is 2870. The molecule has 4 aromatic carbocycles. The van der Waals surface area contributed by atoms with Gasteiger partial charge in [0.25, 0.3) is 10.1 Å². The number of hydrogen-bond acceptors (Lipinski definition) is 12. The van der Waals surface area contributed by atoms with Crippen LogP contribution in [-0.4, -0.2) is 78.8 Å². The molecule has 4 aliphatic rings. The van der Waals surface area contributed by atoms with Gasteiger partial charge in [-0.3, -0.25) is 4.18 Å². The molecule has 4 aliphatic heterocycles. The fourth-order valence-electron chi connectivity index (χ4n) is 8.75. The molecule has 1 N–H and O–H groups in total. The predicted molar refractivity (Wildman–Crippen MR) is 268 cm³/mol. The van der Waals surface area contributed by atoms with Gasteiger partial charge in [0, 0.05) is 12.8 Å². The van der Waals surface area contributed by atoms with Gasteiger partial charge in [0.1, 0.15) is 23.9 Å². The van der Waals surface area contributed by atoms with Crippen molar-refractivity contribution in [1.29, 1.82) is 0 Å². The van der Waals surface area contributed by atoms with Crippen molar-refractivity contribution in [3.63, 3.8) is 0 Å². The van der Waals surface area contributed by atoms with Crippen LogP contribution in [0.25, 0.3) is 0 Å². The van der Waals surface area contributed by atoms with Crippen LogP contribution in [0, 0.1) is 0 Å². The standard InChI is InChI=1S/C12H12BrN3O3S.2C11H9BrClN3.C11H10BrN3O/c1-20(17,18)19-10-7-9(8-5-3-2-4-6-8)16-11(10)14-12(13)15-16;2*12-11-14-10-8(13)6-9(16(10)15-11)7-4-2-1-3-5-7;12-11-13-10-9(16)6-8(15(10)14-11)7-4-2-1-3-5-7/h2-6,9-10H,7H2,1H3;2*1-5,8-9H,6H2;1-5,8-9,16H,6H2/t9-,10+;2*8-,9-;8-,9+/m0000/s1. The highest BCUT2D eigenvalue weighted by atomic mass is 79.9. The topological polar surface area (TPSA) is 186 Å². The molecule has 8 heterocycles. The summed E-state index contributed by atoms with van der Waals surface area (Å²) in [4.78, 5) is 16.9. The molecule has 0 radical (unpaired) electrons. The van der Waals surface area contributed by atoms with Crippen LogP contribution in [0.1, 0.15) is 118 Å². The molecule has 8 atom stereocenters. The van der Waals surface area contributed by atoms with E-state index in [1.807, 2.05) is 106 Å². The first-order valence-corrected chi connectivity index (χ1v) is 27.1. The normalized spacial score (nSPS) is 22.9. The molecule has 0 spiro atoms. The molecule has 68 heavy (non-hydrogen) atoms. The summed E-state index contributed by atoms with van der Waals surface area (Å²) < 4.78 is 37.3. The van der Waals surface area contributed by atoms with Crippen molar-refractivity contribution in [2.24, 2.45) is 0 Å². The van der Waals surface area contributed by atoms with E-state index in [1.165, 1.54) is 11.1 Å². The second kappa shape index (κ2) is 21.0. The van der Waals surface area contributed by atoms with Crippen molar-refractivity contribution in [3.05, 3.63) is 186 Å². The van der Waals surface area contributed by atoms with Crippen LogP contribution in [0.15, 0.2) is 140 Å². The first-order chi connectivity index (χ1) is 32.7. The summed E-state index contributed by atoms with van der Waals surface area (Å²) in [6.07, 6.45) is 2.77. The number of rotatable bonds is 6. The Hall–Kier alpha value is -4.19. The summed E-state index contributed by atoms with van der Waals surface area (Å²) in [5.41, 5.74) is 4.65. The Morgan fingerprint density at radius 3 is 1.15 bits per heavy atom. The molecule has 0 fully saturated rings. The molecule has 0 unspecified atom stereocenters. The minimum absolute atomic E-state index is 0.0518. The minimum Gasteiger partial charge on any atom is -0.385 e. The van der Waals surface area contributed by atoms with E-state index < -0.39 is 22.3 Å². The number of halogens is 6. The lowest BCUT2D eigenvalue weighted by Crippen LogP contribution is -2.09. The molecule has 0 bridgehead atoms. The minimum atomic E-state index is -3.54. The Labute approximate surface area is 435 Å². The van der Waals surface area contributed by atoms with Crippen LogP contribution < -0.4 is 0 Å². The van der Waals surface area contributed by atoms with Crippen molar-refractivity contribution >= 4 is 97.0 Å². The number of benzene rings is 4. The average molecular weight is 1240 g/mol. The van der Waals surface area contributed by atoms with E-state index in [9.17, 15) is 13.5 Å².